The number of H-pyrrole nitrogens is 1. The van der Waals surface area contributed by atoms with E-state index in [0.717, 1.165) is 24.5 Å². The number of hydrogen-bond donors (Lipinski definition) is 2. The van der Waals surface area contributed by atoms with E-state index >= 15 is 0 Å². The molecular formula is C11H14N4O. The van der Waals surface area contributed by atoms with Crippen molar-refractivity contribution in [2.45, 2.75) is 25.3 Å². The van der Waals surface area contributed by atoms with Crippen LogP contribution in [-0.2, 0) is 0 Å². The van der Waals surface area contributed by atoms with Crippen molar-refractivity contribution in [3.05, 3.63) is 24.2 Å². The Balaban J connectivity index is 1.82. The lowest BCUT2D eigenvalue weighted by atomic mass is 10.0. The molecule has 0 aromatic carbocycles. The number of hydrogen-bond acceptors (Lipinski definition) is 4. The van der Waals surface area contributed by atoms with E-state index in [1.807, 2.05) is 18.3 Å². The van der Waals surface area contributed by atoms with E-state index in [1.54, 1.807) is 0 Å². The van der Waals surface area contributed by atoms with E-state index in [4.69, 9.17) is 4.52 Å². The lowest BCUT2D eigenvalue weighted by Gasteiger charge is -2.19. The number of aromatic amines is 1. The third-order valence-corrected chi connectivity index (χ3v) is 2.89. The monoisotopic (exact) mass is 218 g/mol. The van der Waals surface area contributed by atoms with Crippen molar-refractivity contribution in [3.8, 4) is 11.6 Å². The zero-order chi connectivity index (χ0) is 10.8. The normalized spacial score (nSPS) is 21.1. The Bertz CT molecular complexity index is 442. The molecule has 0 aliphatic carbocycles. The van der Waals surface area contributed by atoms with Crippen molar-refractivity contribution in [2.75, 3.05) is 6.54 Å². The van der Waals surface area contributed by atoms with E-state index in [9.17, 15) is 0 Å². The van der Waals surface area contributed by atoms with Gasteiger partial charge >= 0.3 is 0 Å². The average molecular weight is 218 g/mol. The maximum Gasteiger partial charge on any atom is 0.274 e. The van der Waals surface area contributed by atoms with Crippen molar-refractivity contribution in [2.24, 2.45) is 0 Å². The van der Waals surface area contributed by atoms with Crippen molar-refractivity contribution < 1.29 is 4.52 Å². The van der Waals surface area contributed by atoms with Crippen molar-refractivity contribution in [3.63, 3.8) is 0 Å². The van der Waals surface area contributed by atoms with Gasteiger partial charge in [0.1, 0.15) is 5.69 Å². The van der Waals surface area contributed by atoms with Crippen LogP contribution < -0.4 is 5.32 Å². The number of rotatable bonds is 2. The fourth-order valence-corrected chi connectivity index (χ4v) is 2.02. The minimum Gasteiger partial charge on any atom is -0.357 e. The van der Waals surface area contributed by atoms with Crippen LogP contribution in [0, 0.1) is 0 Å². The summed E-state index contributed by atoms with van der Waals surface area (Å²) in [5, 5.41) is 7.43. The van der Waals surface area contributed by atoms with Gasteiger partial charge in [0, 0.05) is 6.20 Å². The number of piperidine rings is 1. The van der Waals surface area contributed by atoms with E-state index in [-0.39, 0.29) is 6.04 Å². The van der Waals surface area contributed by atoms with Crippen molar-refractivity contribution >= 4 is 0 Å². The molecule has 1 atom stereocenters. The Kier molecular flexibility index (Phi) is 2.46. The van der Waals surface area contributed by atoms with Crippen molar-refractivity contribution in [1.82, 2.24) is 20.4 Å². The van der Waals surface area contributed by atoms with Crippen molar-refractivity contribution in [1.29, 1.82) is 0 Å². The van der Waals surface area contributed by atoms with Crippen LogP contribution in [0.2, 0.25) is 0 Å². The van der Waals surface area contributed by atoms with Gasteiger partial charge in [-0.2, -0.15) is 4.98 Å². The molecule has 1 fully saturated rings. The summed E-state index contributed by atoms with van der Waals surface area (Å²) in [4.78, 5) is 7.46. The molecule has 0 bridgehead atoms. The average Bonchev–Trinajstić information content (AvgIpc) is 3.01. The van der Waals surface area contributed by atoms with E-state index < -0.39 is 0 Å². The summed E-state index contributed by atoms with van der Waals surface area (Å²) >= 11 is 0. The quantitative estimate of drug-likeness (QED) is 0.807. The molecule has 2 N–H and O–H groups in total. The first-order valence-corrected chi connectivity index (χ1v) is 5.64. The Hall–Kier alpha value is -1.62. The molecule has 84 valence electrons. The van der Waals surface area contributed by atoms with E-state index in [0.29, 0.717) is 5.89 Å². The summed E-state index contributed by atoms with van der Waals surface area (Å²) in [6.45, 7) is 1.04. The smallest absolute Gasteiger partial charge is 0.274 e. The number of aromatic nitrogens is 3. The number of nitrogens with one attached hydrogen (secondary N) is 2. The van der Waals surface area contributed by atoms with Crippen LogP contribution in [0.15, 0.2) is 22.9 Å². The van der Waals surface area contributed by atoms with Crippen LogP contribution in [0.1, 0.15) is 31.1 Å². The molecule has 0 saturated carbocycles. The molecule has 0 radical (unpaired) electrons. The van der Waals surface area contributed by atoms with Gasteiger partial charge in [-0.3, -0.25) is 0 Å². The molecule has 1 aliphatic rings. The second-order valence-electron chi connectivity index (χ2n) is 4.04. The predicted molar refractivity (Wildman–Crippen MR) is 58.7 cm³/mol. The molecule has 16 heavy (non-hydrogen) atoms. The molecule has 2 aromatic rings. The third kappa shape index (κ3) is 1.74. The minimum atomic E-state index is 0.251. The van der Waals surface area contributed by atoms with Gasteiger partial charge in [0.05, 0.1) is 6.04 Å². The van der Waals surface area contributed by atoms with Crippen LogP contribution in [-0.4, -0.2) is 21.7 Å². The lowest BCUT2D eigenvalue weighted by Crippen LogP contribution is -2.27. The summed E-state index contributed by atoms with van der Waals surface area (Å²) in [6.07, 6.45) is 5.39. The first kappa shape index (κ1) is 9.59. The van der Waals surface area contributed by atoms with Crippen LogP contribution >= 0.6 is 0 Å². The third-order valence-electron chi connectivity index (χ3n) is 2.89. The number of nitrogens with zero attached hydrogens (tertiary/aromatic N) is 2. The van der Waals surface area contributed by atoms with Gasteiger partial charge in [0.15, 0.2) is 5.82 Å². The van der Waals surface area contributed by atoms with Gasteiger partial charge in [-0.05, 0) is 31.5 Å². The maximum atomic E-state index is 5.23. The van der Waals surface area contributed by atoms with Gasteiger partial charge < -0.3 is 14.8 Å². The van der Waals surface area contributed by atoms with Crippen LogP contribution in [0.25, 0.3) is 11.6 Å². The summed E-state index contributed by atoms with van der Waals surface area (Å²) in [7, 11) is 0. The fraction of sp³-hybridized carbons (Fsp3) is 0.455. The Labute approximate surface area is 93.3 Å². The second kappa shape index (κ2) is 4.09. The molecule has 3 heterocycles. The molecule has 2 aromatic heterocycles. The molecule has 0 spiro atoms. The zero-order valence-electron chi connectivity index (χ0n) is 8.94. The fourth-order valence-electron chi connectivity index (χ4n) is 2.02. The summed E-state index contributed by atoms with van der Waals surface area (Å²) < 4.78 is 5.23. The first-order valence-electron chi connectivity index (χ1n) is 5.64. The predicted octanol–water partition coefficient (Wildman–Crippen LogP) is 1.88. The molecule has 5 nitrogen and oxygen atoms in total. The van der Waals surface area contributed by atoms with Crippen LogP contribution in [0.4, 0.5) is 0 Å². The Morgan fingerprint density at radius 2 is 2.38 bits per heavy atom. The Morgan fingerprint density at radius 1 is 1.38 bits per heavy atom. The molecule has 1 aliphatic heterocycles. The maximum absolute atomic E-state index is 5.23. The van der Waals surface area contributed by atoms with E-state index in [1.165, 1.54) is 12.8 Å². The van der Waals surface area contributed by atoms with Gasteiger partial charge in [-0.25, -0.2) is 0 Å². The topological polar surface area (TPSA) is 66.7 Å². The summed E-state index contributed by atoms with van der Waals surface area (Å²) in [5.41, 5.74) is 0.870. The molecule has 0 amide bonds. The largest absolute Gasteiger partial charge is 0.357 e. The minimum absolute atomic E-state index is 0.251. The molecule has 1 saturated heterocycles. The van der Waals surface area contributed by atoms with Crippen LogP contribution in [0.5, 0.6) is 0 Å². The SMILES string of the molecule is c1c[nH]c(-c2nc([C@@H]3CCCCN3)no2)c1. The van der Waals surface area contributed by atoms with Crippen LogP contribution in [0.3, 0.4) is 0 Å². The second-order valence-corrected chi connectivity index (χ2v) is 4.04. The molecule has 0 unspecified atom stereocenters. The highest BCUT2D eigenvalue weighted by atomic mass is 16.5. The highest BCUT2D eigenvalue weighted by Gasteiger charge is 2.20. The Morgan fingerprint density at radius 3 is 3.12 bits per heavy atom. The summed E-state index contributed by atoms with van der Waals surface area (Å²) in [6, 6.07) is 4.09. The first-order chi connectivity index (χ1) is 7.93. The molecule has 5 heteroatoms. The lowest BCUT2D eigenvalue weighted by molar-refractivity contribution is 0.366. The van der Waals surface area contributed by atoms with E-state index in [2.05, 4.69) is 20.4 Å². The van der Waals surface area contributed by atoms with Gasteiger partial charge in [0.25, 0.3) is 5.89 Å². The molecule has 3 rings (SSSR count). The standard InChI is InChI=1S/C11H14N4O/c1-2-6-12-8(4-1)10-14-11(16-15-10)9-5-3-7-13-9/h3,5,7-8,12-13H,1-2,4,6H2/t8-/m0/s1. The van der Waals surface area contributed by atoms with Gasteiger partial charge in [-0.1, -0.05) is 11.6 Å². The zero-order valence-corrected chi connectivity index (χ0v) is 8.94. The van der Waals surface area contributed by atoms with Gasteiger partial charge in [-0.15, -0.1) is 0 Å². The molecular weight excluding hydrogens is 204 g/mol. The highest BCUT2D eigenvalue weighted by Crippen LogP contribution is 2.22. The van der Waals surface area contributed by atoms with Gasteiger partial charge in [0.2, 0.25) is 0 Å². The highest BCUT2D eigenvalue weighted by molar-refractivity contribution is 5.46. The summed E-state index contributed by atoms with van der Waals surface area (Å²) in [5.74, 6) is 1.33.